The number of aromatic nitrogens is 2. The Hall–Kier alpha value is -0.830. The highest BCUT2D eigenvalue weighted by Crippen LogP contribution is 2.04. The Kier molecular flexibility index (Phi) is 2.52. The van der Waals surface area contributed by atoms with Crippen LogP contribution in [0.25, 0.3) is 0 Å². The summed E-state index contributed by atoms with van der Waals surface area (Å²) in [7, 11) is 0. The van der Waals surface area contributed by atoms with E-state index in [9.17, 15) is 0 Å². The minimum atomic E-state index is 0.164. The molecule has 0 saturated carbocycles. The topological polar surface area (TPSA) is 40.7 Å². The normalized spacial score (nSPS) is 12.0. The molecule has 0 fully saturated rings. The van der Waals surface area contributed by atoms with Gasteiger partial charge in [0.15, 0.2) is 0 Å². The van der Waals surface area contributed by atoms with Gasteiger partial charge in [0.05, 0.1) is 17.7 Å². The first-order chi connectivity index (χ1) is 5.49. The summed E-state index contributed by atoms with van der Waals surface area (Å²) in [5.74, 6) is 0. The molecular formula is C9H17N3. The molecule has 2 N–H and O–H groups in total. The molecule has 0 amide bonds. The van der Waals surface area contributed by atoms with E-state index in [0.717, 1.165) is 12.2 Å². The van der Waals surface area contributed by atoms with Gasteiger partial charge in [-0.3, -0.25) is 0 Å². The van der Waals surface area contributed by atoms with Crippen molar-refractivity contribution < 1.29 is 0 Å². The maximum absolute atomic E-state index is 4.12. The predicted molar refractivity (Wildman–Crippen MR) is 49.9 cm³/mol. The monoisotopic (exact) mass is 167 g/mol. The van der Waals surface area contributed by atoms with Gasteiger partial charge >= 0.3 is 0 Å². The van der Waals surface area contributed by atoms with E-state index in [1.165, 1.54) is 5.69 Å². The van der Waals surface area contributed by atoms with Crippen LogP contribution in [0.3, 0.4) is 0 Å². The maximum atomic E-state index is 4.12. The molecule has 1 aromatic heterocycles. The van der Waals surface area contributed by atoms with Gasteiger partial charge in [0.25, 0.3) is 0 Å². The fourth-order valence-electron chi connectivity index (χ4n) is 0.922. The molecule has 0 aliphatic heterocycles. The Morgan fingerprint density at radius 2 is 2.17 bits per heavy atom. The van der Waals surface area contributed by atoms with Gasteiger partial charge < -0.3 is 10.3 Å². The molecule has 3 nitrogen and oxygen atoms in total. The molecule has 1 rings (SSSR count). The maximum Gasteiger partial charge on any atom is 0.0925 e. The van der Waals surface area contributed by atoms with Gasteiger partial charge in [0, 0.05) is 12.1 Å². The van der Waals surface area contributed by atoms with E-state index in [2.05, 4.69) is 36.1 Å². The highest BCUT2D eigenvalue weighted by Gasteiger charge is 2.09. The van der Waals surface area contributed by atoms with E-state index in [0.29, 0.717) is 0 Å². The summed E-state index contributed by atoms with van der Waals surface area (Å²) >= 11 is 0. The van der Waals surface area contributed by atoms with Crippen molar-refractivity contribution in [2.45, 2.75) is 39.8 Å². The largest absolute Gasteiger partial charge is 0.347 e. The summed E-state index contributed by atoms with van der Waals surface area (Å²) in [5, 5.41) is 3.39. The number of hydrogen-bond acceptors (Lipinski definition) is 2. The zero-order valence-corrected chi connectivity index (χ0v) is 8.23. The van der Waals surface area contributed by atoms with Crippen LogP contribution in [-0.2, 0) is 6.54 Å². The third-order valence-corrected chi connectivity index (χ3v) is 1.73. The Labute approximate surface area is 73.6 Å². The molecular weight excluding hydrogens is 150 g/mol. The minimum Gasteiger partial charge on any atom is -0.347 e. The van der Waals surface area contributed by atoms with E-state index in [1.54, 1.807) is 6.33 Å². The highest BCUT2D eigenvalue weighted by molar-refractivity contribution is 5.08. The molecule has 68 valence electrons. The molecule has 1 aromatic rings. The lowest BCUT2D eigenvalue weighted by Crippen LogP contribution is -2.35. The van der Waals surface area contributed by atoms with Crippen LogP contribution in [0.2, 0.25) is 0 Å². The molecule has 12 heavy (non-hydrogen) atoms. The fourth-order valence-corrected chi connectivity index (χ4v) is 0.922. The molecule has 1 heterocycles. The van der Waals surface area contributed by atoms with E-state index in [1.807, 2.05) is 6.92 Å². The summed E-state index contributed by atoms with van der Waals surface area (Å²) in [6, 6.07) is 0. The summed E-state index contributed by atoms with van der Waals surface area (Å²) in [6.07, 6.45) is 1.73. The van der Waals surface area contributed by atoms with Crippen LogP contribution < -0.4 is 5.32 Å². The summed E-state index contributed by atoms with van der Waals surface area (Å²) in [4.78, 5) is 7.23. The van der Waals surface area contributed by atoms with Gasteiger partial charge in [-0.2, -0.15) is 0 Å². The number of rotatable bonds is 2. The van der Waals surface area contributed by atoms with Crippen molar-refractivity contribution in [2.24, 2.45) is 0 Å². The van der Waals surface area contributed by atoms with Crippen molar-refractivity contribution in [3.05, 3.63) is 17.7 Å². The second-order valence-corrected chi connectivity index (χ2v) is 4.07. The lowest BCUT2D eigenvalue weighted by Gasteiger charge is -2.19. The molecule has 0 aliphatic rings. The van der Waals surface area contributed by atoms with Gasteiger partial charge in [-0.05, 0) is 27.7 Å². The average molecular weight is 167 g/mol. The SMILES string of the molecule is Cc1nc[nH]c1CNC(C)(C)C. The van der Waals surface area contributed by atoms with Gasteiger partial charge in [0.1, 0.15) is 0 Å². The number of imidazole rings is 1. The third kappa shape index (κ3) is 2.66. The van der Waals surface area contributed by atoms with Crippen molar-refractivity contribution in [1.29, 1.82) is 0 Å². The van der Waals surface area contributed by atoms with Crippen molar-refractivity contribution in [3.63, 3.8) is 0 Å². The molecule has 0 spiro atoms. The summed E-state index contributed by atoms with van der Waals surface area (Å²) in [6.45, 7) is 9.32. The molecule has 0 bridgehead atoms. The predicted octanol–water partition coefficient (Wildman–Crippen LogP) is 1.61. The van der Waals surface area contributed by atoms with Gasteiger partial charge in [-0.15, -0.1) is 0 Å². The van der Waals surface area contributed by atoms with Gasteiger partial charge in [-0.25, -0.2) is 4.98 Å². The van der Waals surface area contributed by atoms with Crippen molar-refractivity contribution in [3.8, 4) is 0 Å². The Morgan fingerprint density at radius 1 is 1.50 bits per heavy atom. The van der Waals surface area contributed by atoms with Crippen LogP contribution in [0, 0.1) is 6.92 Å². The Bertz CT molecular complexity index is 245. The third-order valence-electron chi connectivity index (χ3n) is 1.73. The standard InChI is InChI=1S/C9H17N3/c1-7-8(11-6-10-7)5-12-9(2,3)4/h6,12H,5H2,1-4H3,(H,10,11). The second kappa shape index (κ2) is 3.27. The lowest BCUT2D eigenvalue weighted by molar-refractivity contribution is 0.421. The quantitative estimate of drug-likeness (QED) is 0.702. The zero-order chi connectivity index (χ0) is 9.19. The van der Waals surface area contributed by atoms with Crippen LogP contribution in [0.5, 0.6) is 0 Å². The molecule has 0 atom stereocenters. The number of aromatic amines is 1. The number of hydrogen-bond donors (Lipinski definition) is 2. The summed E-state index contributed by atoms with van der Waals surface area (Å²) < 4.78 is 0. The first kappa shape index (κ1) is 9.26. The van der Waals surface area contributed by atoms with Crippen LogP contribution in [0.1, 0.15) is 32.2 Å². The lowest BCUT2D eigenvalue weighted by atomic mass is 10.1. The van der Waals surface area contributed by atoms with Crippen LogP contribution >= 0.6 is 0 Å². The van der Waals surface area contributed by atoms with Crippen molar-refractivity contribution in [1.82, 2.24) is 15.3 Å². The smallest absolute Gasteiger partial charge is 0.0925 e. The van der Waals surface area contributed by atoms with Crippen LogP contribution in [-0.4, -0.2) is 15.5 Å². The van der Waals surface area contributed by atoms with E-state index in [4.69, 9.17) is 0 Å². The molecule has 0 aliphatic carbocycles. The van der Waals surface area contributed by atoms with Crippen LogP contribution in [0.4, 0.5) is 0 Å². The average Bonchev–Trinajstić information content (AvgIpc) is 2.29. The van der Waals surface area contributed by atoms with E-state index in [-0.39, 0.29) is 5.54 Å². The summed E-state index contributed by atoms with van der Waals surface area (Å²) in [5.41, 5.74) is 2.41. The number of nitrogens with one attached hydrogen (secondary N) is 2. The first-order valence-electron chi connectivity index (χ1n) is 4.23. The molecule has 3 heteroatoms. The Balaban J connectivity index is 2.49. The highest BCUT2D eigenvalue weighted by atomic mass is 15.0. The van der Waals surface area contributed by atoms with Gasteiger partial charge in [0.2, 0.25) is 0 Å². The number of nitrogens with zero attached hydrogens (tertiary/aromatic N) is 1. The second-order valence-electron chi connectivity index (χ2n) is 4.07. The Morgan fingerprint density at radius 3 is 2.58 bits per heavy atom. The molecule has 0 saturated heterocycles. The molecule has 0 unspecified atom stereocenters. The van der Waals surface area contributed by atoms with E-state index >= 15 is 0 Å². The van der Waals surface area contributed by atoms with E-state index < -0.39 is 0 Å². The first-order valence-corrected chi connectivity index (χ1v) is 4.23. The molecule has 0 aromatic carbocycles. The number of H-pyrrole nitrogens is 1. The van der Waals surface area contributed by atoms with Crippen LogP contribution in [0.15, 0.2) is 6.33 Å². The fraction of sp³-hybridized carbons (Fsp3) is 0.667. The van der Waals surface area contributed by atoms with Gasteiger partial charge in [-0.1, -0.05) is 0 Å². The van der Waals surface area contributed by atoms with Crippen molar-refractivity contribution >= 4 is 0 Å². The minimum absolute atomic E-state index is 0.164. The zero-order valence-electron chi connectivity index (χ0n) is 8.23. The number of aryl methyl sites for hydroxylation is 1. The molecule has 0 radical (unpaired) electrons. The van der Waals surface area contributed by atoms with Crippen molar-refractivity contribution in [2.75, 3.05) is 0 Å².